The zero-order valence-corrected chi connectivity index (χ0v) is 13.4. The Morgan fingerprint density at radius 2 is 1.76 bits per heavy atom. The van der Waals surface area contributed by atoms with Crippen molar-refractivity contribution >= 4 is 17.7 Å². The van der Waals surface area contributed by atoms with Crippen molar-refractivity contribution in [1.29, 1.82) is 0 Å². The standard InChI is InChI=1S/C18H20O2S/c1-18(2,3)15-9-7-13(8-10-15)12-21-16-6-4-5-14(11-16)17(19)20/h4-11H,12H2,1-3H3,(H,19,20). The zero-order chi connectivity index (χ0) is 15.5. The van der Waals surface area contributed by atoms with Crippen molar-refractivity contribution in [1.82, 2.24) is 0 Å². The number of benzene rings is 2. The molecular formula is C18H20O2S. The van der Waals surface area contributed by atoms with Crippen LogP contribution in [0.2, 0.25) is 0 Å². The van der Waals surface area contributed by atoms with Crippen LogP contribution in [0.3, 0.4) is 0 Å². The second-order valence-corrected chi connectivity index (χ2v) is 7.12. The van der Waals surface area contributed by atoms with E-state index in [9.17, 15) is 4.79 Å². The van der Waals surface area contributed by atoms with Crippen LogP contribution in [0.5, 0.6) is 0 Å². The lowest BCUT2D eigenvalue weighted by atomic mass is 9.87. The summed E-state index contributed by atoms with van der Waals surface area (Å²) in [5.74, 6) is -0.0417. The number of hydrogen-bond acceptors (Lipinski definition) is 2. The predicted molar refractivity (Wildman–Crippen MR) is 88.1 cm³/mol. The van der Waals surface area contributed by atoms with E-state index in [2.05, 4.69) is 45.0 Å². The van der Waals surface area contributed by atoms with E-state index in [0.717, 1.165) is 10.6 Å². The third kappa shape index (κ3) is 4.36. The first-order chi connectivity index (χ1) is 9.86. The first kappa shape index (κ1) is 15.6. The van der Waals surface area contributed by atoms with Crippen LogP contribution < -0.4 is 0 Å². The Bertz CT molecular complexity index is 624. The Morgan fingerprint density at radius 3 is 2.33 bits per heavy atom. The van der Waals surface area contributed by atoms with Crippen molar-refractivity contribution in [2.75, 3.05) is 0 Å². The number of carboxylic acid groups (broad SMARTS) is 1. The van der Waals surface area contributed by atoms with Crippen LogP contribution in [-0.4, -0.2) is 11.1 Å². The lowest BCUT2D eigenvalue weighted by molar-refractivity contribution is 0.0696. The topological polar surface area (TPSA) is 37.3 Å². The highest BCUT2D eigenvalue weighted by molar-refractivity contribution is 7.98. The van der Waals surface area contributed by atoms with E-state index < -0.39 is 5.97 Å². The average Bonchev–Trinajstić information content (AvgIpc) is 2.45. The normalized spacial score (nSPS) is 11.4. The lowest BCUT2D eigenvalue weighted by Gasteiger charge is -2.19. The van der Waals surface area contributed by atoms with Gasteiger partial charge in [-0.15, -0.1) is 11.8 Å². The number of thioether (sulfide) groups is 1. The van der Waals surface area contributed by atoms with Crippen molar-refractivity contribution in [3.63, 3.8) is 0 Å². The van der Waals surface area contributed by atoms with Crippen LogP contribution in [-0.2, 0) is 11.2 Å². The molecule has 21 heavy (non-hydrogen) atoms. The molecule has 3 heteroatoms. The second kappa shape index (κ2) is 6.35. The first-order valence-electron chi connectivity index (χ1n) is 6.92. The van der Waals surface area contributed by atoms with Crippen molar-refractivity contribution in [3.05, 3.63) is 65.2 Å². The van der Waals surface area contributed by atoms with Gasteiger partial charge in [0.25, 0.3) is 0 Å². The summed E-state index contributed by atoms with van der Waals surface area (Å²) in [6.45, 7) is 6.61. The third-order valence-corrected chi connectivity index (χ3v) is 4.37. The van der Waals surface area contributed by atoms with Gasteiger partial charge in [0, 0.05) is 10.6 Å². The van der Waals surface area contributed by atoms with E-state index >= 15 is 0 Å². The molecule has 0 heterocycles. The molecule has 0 aromatic heterocycles. The van der Waals surface area contributed by atoms with Crippen molar-refractivity contribution in [3.8, 4) is 0 Å². The van der Waals surface area contributed by atoms with Gasteiger partial charge in [-0.1, -0.05) is 51.1 Å². The summed E-state index contributed by atoms with van der Waals surface area (Å²) in [6, 6.07) is 15.7. The Hall–Kier alpha value is -1.74. The van der Waals surface area contributed by atoms with Crippen LogP contribution in [0.1, 0.15) is 42.3 Å². The molecule has 0 aliphatic heterocycles. The number of rotatable bonds is 4. The van der Waals surface area contributed by atoms with E-state index in [4.69, 9.17) is 5.11 Å². The van der Waals surface area contributed by atoms with Gasteiger partial charge in [0.05, 0.1) is 5.56 Å². The Labute approximate surface area is 130 Å². The van der Waals surface area contributed by atoms with Crippen LogP contribution in [0.15, 0.2) is 53.4 Å². The molecule has 0 spiro atoms. The lowest BCUT2D eigenvalue weighted by Crippen LogP contribution is -2.10. The minimum Gasteiger partial charge on any atom is -0.478 e. The molecule has 2 aromatic carbocycles. The number of aromatic carboxylic acids is 1. The Balaban J connectivity index is 2.03. The fourth-order valence-electron chi connectivity index (χ4n) is 1.99. The Morgan fingerprint density at radius 1 is 1.10 bits per heavy atom. The molecule has 0 aliphatic rings. The average molecular weight is 300 g/mol. The summed E-state index contributed by atoms with van der Waals surface area (Å²) < 4.78 is 0. The van der Waals surface area contributed by atoms with Gasteiger partial charge in [0.15, 0.2) is 0 Å². The maximum absolute atomic E-state index is 10.9. The highest BCUT2D eigenvalue weighted by atomic mass is 32.2. The van der Waals surface area contributed by atoms with Gasteiger partial charge in [0.1, 0.15) is 0 Å². The molecule has 0 bridgehead atoms. The molecule has 0 fully saturated rings. The number of carboxylic acids is 1. The third-order valence-electron chi connectivity index (χ3n) is 3.31. The molecule has 0 radical (unpaired) electrons. The van der Waals surface area contributed by atoms with E-state index in [0.29, 0.717) is 5.56 Å². The fraction of sp³-hybridized carbons (Fsp3) is 0.278. The van der Waals surface area contributed by atoms with Gasteiger partial charge < -0.3 is 5.11 Å². The highest BCUT2D eigenvalue weighted by Crippen LogP contribution is 2.26. The molecular weight excluding hydrogens is 280 g/mol. The highest BCUT2D eigenvalue weighted by Gasteiger charge is 2.12. The van der Waals surface area contributed by atoms with Crippen LogP contribution in [0.4, 0.5) is 0 Å². The molecule has 0 saturated carbocycles. The van der Waals surface area contributed by atoms with E-state index in [-0.39, 0.29) is 5.41 Å². The van der Waals surface area contributed by atoms with Crippen LogP contribution >= 0.6 is 11.8 Å². The molecule has 2 rings (SSSR count). The molecule has 0 saturated heterocycles. The van der Waals surface area contributed by atoms with Crippen LogP contribution in [0, 0.1) is 0 Å². The zero-order valence-electron chi connectivity index (χ0n) is 12.6. The first-order valence-corrected chi connectivity index (χ1v) is 7.90. The molecule has 1 N–H and O–H groups in total. The number of hydrogen-bond donors (Lipinski definition) is 1. The quantitative estimate of drug-likeness (QED) is 0.810. The Kier molecular flexibility index (Phi) is 4.73. The van der Waals surface area contributed by atoms with Crippen LogP contribution in [0.25, 0.3) is 0 Å². The SMILES string of the molecule is CC(C)(C)c1ccc(CSc2cccc(C(=O)O)c2)cc1. The summed E-state index contributed by atoms with van der Waals surface area (Å²) in [7, 11) is 0. The summed E-state index contributed by atoms with van der Waals surface area (Å²) in [6.07, 6.45) is 0. The van der Waals surface area contributed by atoms with Crippen molar-refractivity contribution in [2.24, 2.45) is 0 Å². The monoisotopic (exact) mass is 300 g/mol. The van der Waals surface area contributed by atoms with Gasteiger partial charge in [-0.05, 0) is 34.7 Å². The van der Waals surface area contributed by atoms with Crippen molar-refractivity contribution < 1.29 is 9.90 Å². The van der Waals surface area contributed by atoms with Crippen molar-refractivity contribution in [2.45, 2.75) is 36.8 Å². The summed E-state index contributed by atoms with van der Waals surface area (Å²) in [4.78, 5) is 11.9. The molecule has 2 aromatic rings. The molecule has 2 nitrogen and oxygen atoms in total. The molecule has 110 valence electrons. The molecule has 0 unspecified atom stereocenters. The smallest absolute Gasteiger partial charge is 0.335 e. The summed E-state index contributed by atoms with van der Waals surface area (Å²) >= 11 is 1.66. The minimum absolute atomic E-state index is 0.168. The fourth-order valence-corrected chi connectivity index (χ4v) is 2.90. The molecule has 0 amide bonds. The largest absolute Gasteiger partial charge is 0.478 e. The summed E-state index contributed by atoms with van der Waals surface area (Å²) in [5, 5.41) is 8.99. The summed E-state index contributed by atoms with van der Waals surface area (Å²) in [5.41, 5.74) is 3.07. The van der Waals surface area contributed by atoms with Gasteiger partial charge in [-0.2, -0.15) is 0 Å². The van der Waals surface area contributed by atoms with Gasteiger partial charge in [-0.3, -0.25) is 0 Å². The predicted octanol–water partition coefficient (Wildman–Crippen LogP) is 4.97. The van der Waals surface area contributed by atoms with Gasteiger partial charge >= 0.3 is 5.97 Å². The van der Waals surface area contributed by atoms with Gasteiger partial charge in [-0.25, -0.2) is 4.79 Å². The maximum atomic E-state index is 10.9. The van der Waals surface area contributed by atoms with E-state index in [1.54, 1.807) is 30.0 Å². The minimum atomic E-state index is -0.882. The van der Waals surface area contributed by atoms with E-state index in [1.807, 2.05) is 6.07 Å². The second-order valence-electron chi connectivity index (χ2n) is 6.07. The number of carbonyl (C=O) groups is 1. The molecule has 0 aliphatic carbocycles. The van der Waals surface area contributed by atoms with E-state index in [1.165, 1.54) is 11.1 Å². The molecule has 0 atom stereocenters. The maximum Gasteiger partial charge on any atom is 0.335 e. The van der Waals surface area contributed by atoms with Gasteiger partial charge in [0.2, 0.25) is 0 Å².